The predicted molar refractivity (Wildman–Crippen MR) is 84.2 cm³/mol. The standard InChI is InChI=1S/C17H17Cl2F/c1-17(2,3)12-6-4-11(5-7-12)16(19)14-9-8-13(18)10-15(14)20/h4-10,16H,1-3H3. The Morgan fingerprint density at radius 2 is 1.60 bits per heavy atom. The van der Waals surface area contributed by atoms with Gasteiger partial charge < -0.3 is 0 Å². The molecule has 106 valence electrons. The van der Waals surface area contributed by atoms with Crippen molar-refractivity contribution in [3.63, 3.8) is 0 Å². The predicted octanol–water partition coefficient (Wildman–Crippen LogP) is 6.10. The molecule has 0 aliphatic rings. The molecule has 20 heavy (non-hydrogen) atoms. The zero-order valence-electron chi connectivity index (χ0n) is 11.8. The van der Waals surface area contributed by atoms with E-state index in [1.807, 2.05) is 24.3 Å². The maximum atomic E-state index is 13.9. The highest BCUT2D eigenvalue weighted by atomic mass is 35.5. The summed E-state index contributed by atoms with van der Waals surface area (Å²) >= 11 is 12.1. The Morgan fingerprint density at radius 3 is 2.10 bits per heavy atom. The molecule has 2 aromatic carbocycles. The largest absolute Gasteiger partial charge is 0.207 e. The van der Waals surface area contributed by atoms with Crippen molar-refractivity contribution in [3.8, 4) is 0 Å². The zero-order valence-corrected chi connectivity index (χ0v) is 13.3. The first-order valence-corrected chi connectivity index (χ1v) is 7.30. The van der Waals surface area contributed by atoms with E-state index in [0.29, 0.717) is 10.6 Å². The molecule has 1 unspecified atom stereocenters. The van der Waals surface area contributed by atoms with Gasteiger partial charge in [-0.2, -0.15) is 0 Å². The number of hydrogen-bond acceptors (Lipinski definition) is 0. The Morgan fingerprint density at radius 1 is 1.00 bits per heavy atom. The van der Waals surface area contributed by atoms with Crippen LogP contribution >= 0.6 is 23.2 Å². The van der Waals surface area contributed by atoms with E-state index in [4.69, 9.17) is 23.2 Å². The Hall–Kier alpha value is -1.05. The van der Waals surface area contributed by atoms with Crippen molar-refractivity contribution in [2.45, 2.75) is 31.6 Å². The second kappa shape index (κ2) is 5.75. The Kier molecular flexibility index (Phi) is 4.41. The van der Waals surface area contributed by atoms with E-state index in [9.17, 15) is 4.39 Å². The molecule has 3 heteroatoms. The number of halogens is 3. The summed E-state index contributed by atoms with van der Waals surface area (Å²) in [6.45, 7) is 6.46. The van der Waals surface area contributed by atoms with Crippen LogP contribution in [0.1, 0.15) is 42.8 Å². The number of hydrogen-bond donors (Lipinski definition) is 0. The van der Waals surface area contributed by atoms with Crippen LogP contribution in [0.4, 0.5) is 4.39 Å². The van der Waals surface area contributed by atoms with Gasteiger partial charge in [-0.3, -0.25) is 0 Å². The van der Waals surface area contributed by atoms with Crippen LogP contribution in [-0.2, 0) is 5.41 Å². The molecule has 0 nitrogen and oxygen atoms in total. The fourth-order valence-corrected chi connectivity index (χ4v) is 2.52. The van der Waals surface area contributed by atoms with Crippen molar-refractivity contribution in [1.29, 1.82) is 0 Å². The number of alkyl halides is 1. The third-order valence-electron chi connectivity index (χ3n) is 3.30. The van der Waals surface area contributed by atoms with Gasteiger partial charge in [-0.05, 0) is 28.7 Å². The van der Waals surface area contributed by atoms with Gasteiger partial charge in [-0.25, -0.2) is 4.39 Å². The quantitative estimate of drug-likeness (QED) is 0.587. The van der Waals surface area contributed by atoms with Gasteiger partial charge in [0.1, 0.15) is 5.82 Å². The first-order chi connectivity index (χ1) is 9.29. The molecule has 0 saturated heterocycles. The van der Waals surface area contributed by atoms with Gasteiger partial charge in [-0.1, -0.05) is 62.7 Å². The molecule has 0 aliphatic heterocycles. The summed E-state index contributed by atoms with van der Waals surface area (Å²) in [6.07, 6.45) is 0. The van der Waals surface area contributed by atoms with Gasteiger partial charge in [0.25, 0.3) is 0 Å². The van der Waals surface area contributed by atoms with Crippen LogP contribution in [0.5, 0.6) is 0 Å². The molecule has 0 bridgehead atoms. The molecule has 1 atom stereocenters. The molecule has 0 aromatic heterocycles. The molecule has 0 radical (unpaired) electrons. The molecule has 0 saturated carbocycles. The molecular weight excluding hydrogens is 294 g/mol. The van der Waals surface area contributed by atoms with E-state index in [-0.39, 0.29) is 11.2 Å². The highest BCUT2D eigenvalue weighted by Gasteiger charge is 2.17. The number of rotatable bonds is 2. The monoisotopic (exact) mass is 310 g/mol. The molecular formula is C17H17Cl2F. The van der Waals surface area contributed by atoms with E-state index in [1.165, 1.54) is 11.6 Å². The van der Waals surface area contributed by atoms with Gasteiger partial charge in [0.15, 0.2) is 0 Å². The molecule has 0 aliphatic carbocycles. The van der Waals surface area contributed by atoms with Crippen LogP contribution in [0.15, 0.2) is 42.5 Å². The maximum Gasteiger partial charge on any atom is 0.129 e. The van der Waals surface area contributed by atoms with E-state index in [2.05, 4.69) is 20.8 Å². The minimum atomic E-state index is -0.513. The van der Waals surface area contributed by atoms with Gasteiger partial charge in [0.05, 0.1) is 5.38 Å². The van der Waals surface area contributed by atoms with Gasteiger partial charge in [0, 0.05) is 10.6 Å². The van der Waals surface area contributed by atoms with E-state index < -0.39 is 5.38 Å². The molecule has 0 spiro atoms. The van der Waals surface area contributed by atoms with E-state index in [0.717, 1.165) is 5.56 Å². The average molecular weight is 311 g/mol. The maximum absolute atomic E-state index is 13.9. The first kappa shape index (κ1) is 15.3. The highest BCUT2D eigenvalue weighted by Crippen LogP contribution is 2.33. The molecule has 0 N–H and O–H groups in total. The summed E-state index contributed by atoms with van der Waals surface area (Å²) in [6, 6.07) is 12.6. The molecule has 0 heterocycles. The molecule has 0 fully saturated rings. The van der Waals surface area contributed by atoms with Crippen LogP contribution in [0, 0.1) is 5.82 Å². The Labute approximate surface area is 129 Å². The summed E-state index contributed by atoms with van der Waals surface area (Å²) in [5.74, 6) is -0.377. The topological polar surface area (TPSA) is 0 Å². The minimum absolute atomic E-state index is 0.0891. The third kappa shape index (κ3) is 3.34. The van der Waals surface area contributed by atoms with Crippen LogP contribution < -0.4 is 0 Å². The van der Waals surface area contributed by atoms with Crippen molar-refractivity contribution in [1.82, 2.24) is 0 Å². The fraction of sp³-hybridized carbons (Fsp3) is 0.294. The second-order valence-corrected chi connectivity index (χ2v) is 6.77. The summed E-state index contributed by atoms with van der Waals surface area (Å²) in [5, 5.41) is -0.139. The second-order valence-electron chi connectivity index (χ2n) is 5.90. The normalized spacial score (nSPS) is 13.3. The van der Waals surface area contributed by atoms with Crippen LogP contribution in [0.3, 0.4) is 0 Å². The third-order valence-corrected chi connectivity index (χ3v) is 4.03. The van der Waals surface area contributed by atoms with Gasteiger partial charge >= 0.3 is 0 Å². The summed E-state index contributed by atoms with van der Waals surface area (Å²) in [7, 11) is 0. The first-order valence-electron chi connectivity index (χ1n) is 6.48. The van der Waals surface area contributed by atoms with E-state index >= 15 is 0 Å². The van der Waals surface area contributed by atoms with Gasteiger partial charge in [0.2, 0.25) is 0 Å². The highest BCUT2D eigenvalue weighted by molar-refractivity contribution is 6.30. The van der Waals surface area contributed by atoms with Crippen LogP contribution in [0.2, 0.25) is 5.02 Å². The average Bonchev–Trinajstić information content (AvgIpc) is 2.37. The SMILES string of the molecule is CC(C)(C)c1ccc(C(Cl)c2ccc(Cl)cc2F)cc1. The Balaban J connectivity index is 2.31. The zero-order chi connectivity index (χ0) is 14.9. The lowest BCUT2D eigenvalue weighted by molar-refractivity contribution is 0.589. The summed E-state index contributed by atoms with van der Waals surface area (Å²) in [5.41, 5.74) is 2.63. The summed E-state index contributed by atoms with van der Waals surface area (Å²) in [4.78, 5) is 0. The lowest BCUT2D eigenvalue weighted by Crippen LogP contribution is -2.10. The lowest BCUT2D eigenvalue weighted by atomic mass is 9.86. The van der Waals surface area contributed by atoms with Crippen molar-refractivity contribution >= 4 is 23.2 Å². The van der Waals surface area contributed by atoms with E-state index in [1.54, 1.807) is 12.1 Å². The van der Waals surface area contributed by atoms with Crippen molar-refractivity contribution in [2.24, 2.45) is 0 Å². The Bertz CT molecular complexity index is 597. The fourth-order valence-electron chi connectivity index (χ4n) is 2.04. The molecule has 2 rings (SSSR count). The lowest BCUT2D eigenvalue weighted by Gasteiger charge is -2.20. The smallest absolute Gasteiger partial charge is 0.129 e. The number of benzene rings is 2. The van der Waals surface area contributed by atoms with Crippen LogP contribution in [-0.4, -0.2) is 0 Å². The molecule has 0 amide bonds. The minimum Gasteiger partial charge on any atom is -0.207 e. The van der Waals surface area contributed by atoms with Crippen molar-refractivity contribution in [3.05, 3.63) is 70.0 Å². The molecule has 2 aromatic rings. The van der Waals surface area contributed by atoms with Crippen molar-refractivity contribution in [2.75, 3.05) is 0 Å². The summed E-state index contributed by atoms with van der Waals surface area (Å²) < 4.78 is 13.9. The van der Waals surface area contributed by atoms with Crippen molar-refractivity contribution < 1.29 is 4.39 Å². The van der Waals surface area contributed by atoms with Crippen LogP contribution in [0.25, 0.3) is 0 Å². The van der Waals surface area contributed by atoms with Gasteiger partial charge in [-0.15, -0.1) is 11.6 Å².